The number of nitrogens with two attached hydrogens (primary N) is 1. The number of rotatable bonds is 5. The highest BCUT2D eigenvalue weighted by Crippen LogP contribution is 1.92. The Bertz CT molecular complexity index is 158. The third kappa shape index (κ3) is 5.60. The van der Waals surface area contributed by atoms with Crippen LogP contribution in [0.5, 0.6) is 0 Å². The number of carbonyl (C=O) groups is 1. The van der Waals surface area contributed by atoms with Gasteiger partial charge in [-0.25, -0.2) is 0 Å². The van der Waals surface area contributed by atoms with Gasteiger partial charge in [-0.05, 0) is 20.8 Å². The van der Waals surface area contributed by atoms with Gasteiger partial charge in [-0.3, -0.25) is 4.79 Å². The Morgan fingerprint density at radius 1 is 1.46 bits per heavy atom. The van der Waals surface area contributed by atoms with Crippen LogP contribution in [0.25, 0.3) is 0 Å². The summed E-state index contributed by atoms with van der Waals surface area (Å²) in [5.74, 6) is -0.0487. The van der Waals surface area contributed by atoms with E-state index in [9.17, 15) is 4.79 Å². The second kappa shape index (κ2) is 5.94. The fraction of sp³-hybridized carbons (Fsp3) is 0.889. The number of hydrogen-bond acceptors (Lipinski definition) is 3. The normalized spacial score (nSPS) is 13.1. The molecule has 0 radical (unpaired) electrons. The zero-order chi connectivity index (χ0) is 10.4. The molecule has 0 saturated carbocycles. The monoisotopic (exact) mass is 188 g/mol. The SMILES string of the molecule is CC(C)OCCN(C)C(=O)[C@H](C)N. The third-order valence-electron chi connectivity index (χ3n) is 1.64. The second-order valence-corrected chi connectivity index (χ2v) is 3.47. The Hall–Kier alpha value is -0.610. The summed E-state index contributed by atoms with van der Waals surface area (Å²) in [4.78, 5) is 12.9. The van der Waals surface area contributed by atoms with Crippen molar-refractivity contribution in [1.82, 2.24) is 4.90 Å². The first-order chi connectivity index (χ1) is 5.95. The summed E-state index contributed by atoms with van der Waals surface area (Å²) in [5, 5.41) is 0. The molecule has 0 fully saturated rings. The van der Waals surface area contributed by atoms with Crippen LogP contribution in [0.3, 0.4) is 0 Å². The van der Waals surface area contributed by atoms with Gasteiger partial charge < -0.3 is 15.4 Å². The maximum absolute atomic E-state index is 11.3. The van der Waals surface area contributed by atoms with Crippen molar-refractivity contribution < 1.29 is 9.53 Å². The topological polar surface area (TPSA) is 55.6 Å². The quantitative estimate of drug-likeness (QED) is 0.671. The molecule has 0 saturated heterocycles. The summed E-state index contributed by atoms with van der Waals surface area (Å²) in [7, 11) is 1.73. The molecular formula is C9H20N2O2. The van der Waals surface area contributed by atoms with Gasteiger partial charge in [-0.2, -0.15) is 0 Å². The lowest BCUT2D eigenvalue weighted by Gasteiger charge is -2.19. The average Bonchev–Trinajstić information content (AvgIpc) is 2.02. The molecule has 0 aliphatic rings. The van der Waals surface area contributed by atoms with Crippen LogP contribution in [0.4, 0.5) is 0 Å². The van der Waals surface area contributed by atoms with Crippen LogP contribution in [-0.4, -0.2) is 43.2 Å². The second-order valence-electron chi connectivity index (χ2n) is 3.47. The molecule has 0 aromatic heterocycles. The molecule has 0 spiro atoms. The van der Waals surface area contributed by atoms with Crippen molar-refractivity contribution in [1.29, 1.82) is 0 Å². The number of hydrogen-bond donors (Lipinski definition) is 1. The number of amides is 1. The van der Waals surface area contributed by atoms with E-state index >= 15 is 0 Å². The van der Waals surface area contributed by atoms with Gasteiger partial charge >= 0.3 is 0 Å². The maximum Gasteiger partial charge on any atom is 0.239 e. The summed E-state index contributed by atoms with van der Waals surface area (Å²) in [6, 6.07) is -0.427. The van der Waals surface area contributed by atoms with Crippen LogP contribution < -0.4 is 5.73 Å². The standard InChI is InChI=1S/C9H20N2O2/c1-7(2)13-6-5-11(4)9(12)8(3)10/h7-8H,5-6,10H2,1-4H3/t8-/m0/s1. The molecule has 13 heavy (non-hydrogen) atoms. The van der Waals surface area contributed by atoms with E-state index in [-0.39, 0.29) is 12.0 Å². The Balaban J connectivity index is 3.62. The van der Waals surface area contributed by atoms with E-state index in [4.69, 9.17) is 10.5 Å². The molecule has 0 aromatic carbocycles. The zero-order valence-corrected chi connectivity index (χ0v) is 8.91. The van der Waals surface area contributed by atoms with Crippen molar-refractivity contribution in [3.8, 4) is 0 Å². The van der Waals surface area contributed by atoms with Crippen molar-refractivity contribution in [2.24, 2.45) is 5.73 Å². The third-order valence-corrected chi connectivity index (χ3v) is 1.64. The van der Waals surface area contributed by atoms with E-state index in [2.05, 4.69) is 0 Å². The van der Waals surface area contributed by atoms with Crippen molar-refractivity contribution in [3.05, 3.63) is 0 Å². The first-order valence-electron chi connectivity index (χ1n) is 4.57. The fourth-order valence-electron chi connectivity index (χ4n) is 0.883. The number of carbonyl (C=O) groups excluding carboxylic acids is 1. The largest absolute Gasteiger partial charge is 0.377 e. The smallest absolute Gasteiger partial charge is 0.239 e. The van der Waals surface area contributed by atoms with E-state index < -0.39 is 6.04 Å². The summed E-state index contributed by atoms with van der Waals surface area (Å²) < 4.78 is 5.31. The van der Waals surface area contributed by atoms with E-state index in [1.165, 1.54) is 0 Å². The molecule has 2 N–H and O–H groups in total. The lowest BCUT2D eigenvalue weighted by atomic mass is 10.3. The van der Waals surface area contributed by atoms with Crippen LogP contribution >= 0.6 is 0 Å². The van der Waals surface area contributed by atoms with Gasteiger partial charge in [0.05, 0.1) is 18.8 Å². The lowest BCUT2D eigenvalue weighted by Crippen LogP contribution is -2.41. The minimum atomic E-state index is -0.427. The zero-order valence-electron chi connectivity index (χ0n) is 8.91. The van der Waals surface area contributed by atoms with Crippen LogP contribution in [-0.2, 0) is 9.53 Å². The first-order valence-corrected chi connectivity index (χ1v) is 4.57. The number of likely N-dealkylation sites (N-methyl/N-ethyl adjacent to an activating group) is 1. The van der Waals surface area contributed by atoms with Crippen LogP contribution in [0, 0.1) is 0 Å². The highest BCUT2D eigenvalue weighted by atomic mass is 16.5. The van der Waals surface area contributed by atoms with Crippen molar-refractivity contribution in [3.63, 3.8) is 0 Å². The fourth-order valence-corrected chi connectivity index (χ4v) is 0.883. The number of nitrogens with zero attached hydrogens (tertiary/aromatic N) is 1. The molecule has 0 aromatic rings. The molecule has 0 bridgehead atoms. The van der Waals surface area contributed by atoms with Gasteiger partial charge in [0.25, 0.3) is 0 Å². The van der Waals surface area contributed by atoms with E-state index in [0.717, 1.165) is 0 Å². The van der Waals surface area contributed by atoms with Gasteiger partial charge in [0, 0.05) is 13.6 Å². The molecule has 0 heterocycles. The summed E-state index contributed by atoms with van der Waals surface area (Å²) in [6.07, 6.45) is 0.207. The molecule has 0 rings (SSSR count). The van der Waals surface area contributed by atoms with Gasteiger partial charge in [0.15, 0.2) is 0 Å². The molecule has 0 aliphatic heterocycles. The number of ether oxygens (including phenoxy) is 1. The Morgan fingerprint density at radius 2 is 2.00 bits per heavy atom. The molecule has 4 nitrogen and oxygen atoms in total. The minimum Gasteiger partial charge on any atom is -0.377 e. The summed E-state index contributed by atoms with van der Waals surface area (Å²) in [6.45, 7) is 6.77. The van der Waals surface area contributed by atoms with E-state index in [1.807, 2.05) is 13.8 Å². The van der Waals surface area contributed by atoms with Crippen LogP contribution in [0.2, 0.25) is 0 Å². The molecule has 0 aliphatic carbocycles. The van der Waals surface area contributed by atoms with Gasteiger partial charge in [0.1, 0.15) is 0 Å². The predicted octanol–water partition coefficient (Wildman–Crippen LogP) is 0.217. The van der Waals surface area contributed by atoms with Gasteiger partial charge in [-0.1, -0.05) is 0 Å². The summed E-state index contributed by atoms with van der Waals surface area (Å²) >= 11 is 0. The molecule has 78 valence electrons. The van der Waals surface area contributed by atoms with Crippen molar-refractivity contribution in [2.45, 2.75) is 32.9 Å². The predicted molar refractivity (Wildman–Crippen MR) is 52.4 cm³/mol. The minimum absolute atomic E-state index is 0.0487. The van der Waals surface area contributed by atoms with E-state index in [1.54, 1.807) is 18.9 Å². The van der Waals surface area contributed by atoms with Crippen molar-refractivity contribution >= 4 is 5.91 Å². The molecule has 1 atom stereocenters. The van der Waals surface area contributed by atoms with Crippen LogP contribution in [0.15, 0.2) is 0 Å². The highest BCUT2D eigenvalue weighted by Gasteiger charge is 2.12. The molecule has 4 heteroatoms. The van der Waals surface area contributed by atoms with Crippen LogP contribution in [0.1, 0.15) is 20.8 Å². The first kappa shape index (κ1) is 12.4. The average molecular weight is 188 g/mol. The molecule has 1 amide bonds. The Morgan fingerprint density at radius 3 is 2.38 bits per heavy atom. The lowest BCUT2D eigenvalue weighted by molar-refractivity contribution is -0.131. The Kier molecular flexibility index (Phi) is 5.66. The van der Waals surface area contributed by atoms with Gasteiger partial charge in [0.2, 0.25) is 5.91 Å². The van der Waals surface area contributed by atoms with Crippen molar-refractivity contribution in [2.75, 3.05) is 20.2 Å². The van der Waals surface area contributed by atoms with Gasteiger partial charge in [-0.15, -0.1) is 0 Å². The Labute approximate surface area is 80.0 Å². The highest BCUT2D eigenvalue weighted by molar-refractivity contribution is 5.80. The van der Waals surface area contributed by atoms with E-state index in [0.29, 0.717) is 13.2 Å². The molecular weight excluding hydrogens is 168 g/mol. The molecule has 0 unspecified atom stereocenters. The summed E-state index contributed by atoms with van der Waals surface area (Å²) in [5.41, 5.74) is 5.44. The maximum atomic E-state index is 11.3.